The maximum Gasteiger partial charge on any atom is 0.220 e. The number of nitrogens with one attached hydrogen (secondary N) is 1. The molecule has 1 aliphatic heterocycles. The minimum absolute atomic E-state index is 0.0398. The number of tetrazole rings is 1. The molecule has 0 radical (unpaired) electrons. The third kappa shape index (κ3) is 4.73. The van der Waals surface area contributed by atoms with Gasteiger partial charge in [0, 0.05) is 31.7 Å². The van der Waals surface area contributed by atoms with Crippen LogP contribution in [0.2, 0.25) is 0 Å². The van der Waals surface area contributed by atoms with Gasteiger partial charge in [-0.1, -0.05) is 27.2 Å². The fraction of sp³-hybridized carbons (Fsp3) is 0.875. The van der Waals surface area contributed by atoms with Crippen LogP contribution in [0.3, 0.4) is 0 Å². The molecule has 7 heteroatoms. The normalized spacial score (nSPS) is 23.1. The topological polar surface area (TPSA) is 91.1 Å². The van der Waals surface area contributed by atoms with Gasteiger partial charge in [-0.15, -0.1) is 5.10 Å². The zero-order valence-corrected chi connectivity index (χ0v) is 14.7. The van der Waals surface area contributed by atoms with Crippen LogP contribution in [-0.2, 0) is 11.3 Å². The van der Waals surface area contributed by atoms with Gasteiger partial charge in [-0.2, -0.15) is 0 Å². The SMILES string of the molecule is CCC[C@H](c1nnnn1CCC(C)C)[NH+]1CCC(C(N)=O)CC1. The molecule has 2 heterocycles. The van der Waals surface area contributed by atoms with E-state index in [1.54, 1.807) is 0 Å². The van der Waals surface area contributed by atoms with Crippen LogP contribution in [0.5, 0.6) is 0 Å². The van der Waals surface area contributed by atoms with Crippen molar-refractivity contribution < 1.29 is 9.69 Å². The molecule has 3 N–H and O–H groups in total. The lowest BCUT2D eigenvalue weighted by Gasteiger charge is -2.33. The van der Waals surface area contributed by atoms with Crippen molar-refractivity contribution in [2.75, 3.05) is 13.1 Å². The Hall–Kier alpha value is -1.50. The Labute approximate surface area is 138 Å². The molecule has 1 amide bonds. The molecular weight excluding hydrogens is 292 g/mol. The van der Waals surface area contributed by atoms with E-state index in [1.165, 1.54) is 4.90 Å². The summed E-state index contributed by atoms with van der Waals surface area (Å²) >= 11 is 0. The van der Waals surface area contributed by atoms with E-state index in [0.717, 1.165) is 57.6 Å². The Kier molecular flexibility index (Phi) is 6.50. The van der Waals surface area contributed by atoms with Crippen LogP contribution in [0, 0.1) is 11.8 Å². The highest BCUT2D eigenvalue weighted by atomic mass is 16.1. The van der Waals surface area contributed by atoms with Crippen molar-refractivity contribution in [2.45, 2.75) is 65.5 Å². The first kappa shape index (κ1) is 17.8. The number of likely N-dealkylation sites (tertiary alicyclic amines) is 1. The summed E-state index contributed by atoms with van der Waals surface area (Å²) in [6.45, 7) is 9.44. The van der Waals surface area contributed by atoms with Gasteiger partial charge in [0.2, 0.25) is 11.7 Å². The molecule has 0 aliphatic carbocycles. The Morgan fingerprint density at radius 3 is 2.61 bits per heavy atom. The van der Waals surface area contributed by atoms with Gasteiger partial charge in [0.1, 0.15) is 6.04 Å². The molecule has 0 unspecified atom stereocenters. The Morgan fingerprint density at radius 1 is 1.35 bits per heavy atom. The third-order valence-corrected chi connectivity index (χ3v) is 4.89. The fourth-order valence-electron chi connectivity index (χ4n) is 3.43. The average Bonchev–Trinajstić information content (AvgIpc) is 2.99. The van der Waals surface area contributed by atoms with Gasteiger partial charge in [-0.3, -0.25) is 4.79 Å². The summed E-state index contributed by atoms with van der Waals surface area (Å²) in [6, 6.07) is 0.316. The number of piperidine rings is 1. The quantitative estimate of drug-likeness (QED) is 0.722. The summed E-state index contributed by atoms with van der Waals surface area (Å²) in [4.78, 5) is 12.9. The van der Waals surface area contributed by atoms with Crippen LogP contribution in [0.15, 0.2) is 0 Å². The Bertz CT molecular complexity index is 493. The third-order valence-electron chi connectivity index (χ3n) is 4.89. The first-order valence-electron chi connectivity index (χ1n) is 8.92. The maximum atomic E-state index is 11.4. The van der Waals surface area contributed by atoms with Crippen molar-refractivity contribution >= 4 is 5.91 Å². The van der Waals surface area contributed by atoms with Crippen LogP contribution >= 0.6 is 0 Å². The van der Waals surface area contributed by atoms with Crippen LogP contribution in [0.4, 0.5) is 0 Å². The number of carbonyl (C=O) groups is 1. The highest BCUT2D eigenvalue weighted by Gasteiger charge is 2.34. The number of hydrogen-bond acceptors (Lipinski definition) is 4. The minimum atomic E-state index is -0.155. The molecular formula is C16H31N6O+. The second kappa shape index (κ2) is 8.38. The van der Waals surface area contributed by atoms with Crippen molar-refractivity contribution in [1.29, 1.82) is 0 Å². The lowest BCUT2D eigenvalue weighted by Crippen LogP contribution is -3.13. The monoisotopic (exact) mass is 323 g/mol. The molecule has 0 saturated carbocycles. The number of amides is 1. The van der Waals surface area contributed by atoms with E-state index in [9.17, 15) is 4.79 Å². The van der Waals surface area contributed by atoms with E-state index in [-0.39, 0.29) is 11.8 Å². The van der Waals surface area contributed by atoms with E-state index >= 15 is 0 Å². The second-order valence-corrected chi connectivity index (χ2v) is 7.12. The first-order chi connectivity index (χ1) is 11.0. The van der Waals surface area contributed by atoms with Crippen molar-refractivity contribution in [2.24, 2.45) is 17.6 Å². The molecule has 1 atom stereocenters. The molecule has 0 aromatic carbocycles. The van der Waals surface area contributed by atoms with Crippen LogP contribution < -0.4 is 10.6 Å². The largest absolute Gasteiger partial charge is 0.369 e. The minimum Gasteiger partial charge on any atom is -0.369 e. The van der Waals surface area contributed by atoms with Gasteiger partial charge < -0.3 is 10.6 Å². The fourth-order valence-corrected chi connectivity index (χ4v) is 3.43. The number of aromatic nitrogens is 4. The molecule has 0 spiro atoms. The van der Waals surface area contributed by atoms with E-state index in [2.05, 4.69) is 36.3 Å². The highest BCUT2D eigenvalue weighted by Crippen LogP contribution is 2.17. The van der Waals surface area contributed by atoms with E-state index in [4.69, 9.17) is 5.73 Å². The average molecular weight is 323 g/mol. The van der Waals surface area contributed by atoms with Gasteiger partial charge >= 0.3 is 0 Å². The van der Waals surface area contributed by atoms with Gasteiger partial charge in [0.05, 0.1) is 13.1 Å². The molecule has 7 nitrogen and oxygen atoms in total. The molecule has 0 bridgehead atoms. The Morgan fingerprint density at radius 2 is 2.04 bits per heavy atom. The zero-order chi connectivity index (χ0) is 16.8. The molecule has 130 valence electrons. The predicted molar refractivity (Wildman–Crippen MR) is 87.5 cm³/mol. The summed E-state index contributed by atoms with van der Waals surface area (Å²) in [5, 5.41) is 12.4. The van der Waals surface area contributed by atoms with E-state index in [0.29, 0.717) is 12.0 Å². The molecule has 2 rings (SSSR count). The summed E-state index contributed by atoms with van der Waals surface area (Å²) in [5.74, 6) is 1.52. The van der Waals surface area contributed by atoms with Gasteiger partial charge in [0.25, 0.3) is 0 Å². The standard InChI is InChI=1S/C16H30N6O/c1-4-5-14(21-9-7-13(8-10-21)15(17)23)16-18-19-20-22(16)11-6-12(2)3/h12-14H,4-11H2,1-3H3,(H2,17,23)/p+1/t14-/m1/s1. The first-order valence-corrected chi connectivity index (χ1v) is 8.92. The number of hydrogen-bond donors (Lipinski definition) is 2. The molecule has 1 fully saturated rings. The molecule has 1 aliphatic rings. The summed E-state index contributed by atoms with van der Waals surface area (Å²) in [5.41, 5.74) is 5.45. The lowest BCUT2D eigenvalue weighted by molar-refractivity contribution is -0.938. The van der Waals surface area contributed by atoms with E-state index in [1.807, 2.05) is 4.68 Å². The smallest absolute Gasteiger partial charge is 0.220 e. The summed E-state index contributed by atoms with van der Waals surface area (Å²) in [7, 11) is 0. The second-order valence-electron chi connectivity index (χ2n) is 7.12. The number of primary amides is 1. The predicted octanol–water partition coefficient (Wildman–Crippen LogP) is 0.341. The molecule has 1 aromatic rings. The molecule has 23 heavy (non-hydrogen) atoms. The summed E-state index contributed by atoms with van der Waals surface area (Å²) < 4.78 is 1.98. The number of aryl methyl sites for hydroxylation is 1. The van der Waals surface area contributed by atoms with E-state index < -0.39 is 0 Å². The zero-order valence-electron chi connectivity index (χ0n) is 14.7. The van der Waals surface area contributed by atoms with Crippen molar-refractivity contribution in [3.05, 3.63) is 5.82 Å². The van der Waals surface area contributed by atoms with Crippen LogP contribution in [-0.4, -0.2) is 39.2 Å². The van der Waals surface area contributed by atoms with Gasteiger partial charge in [-0.25, -0.2) is 4.68 Å². The van der Waals surface area contributed by atoms with Gasteiger partial charge in [0.15, 0.2) is 0 Å². The highest BCUT2D eigenvalue weighted by molar-refractivity contribution is 5.76. The van der Waals surface area contributed by atoms with Gasteiger partial charge in [-0.05, 0) is 22.8 Å². The van der Waals surface area contributed by atoms with Crippen LogP contribution in [0.25, 0.3) is 0 Å². The van der Waals surface area contributed by atoms with Crippen molar-refractivity contribution in [3.8, 4) is 0 Å². The molecule has 1 aromatic heterocycles. The van der Waals surface area contributed by atoms with Crippen LogP contribution in [0.1, 0.15) is 64.7 Å². The lowest BCUT2D eigenvalue weighted by atomic mass is 9.94. The van der Waals surface area contributed by atoms with Crippen molar-refractivity contribution in [3.63, 3.8) is 0 Å². The van der Waals surface area contributed by atoms with Crippen molar-refractivity contribution in [1.82, 2.24) is 20.2 Å². The number of quaternary nitrogens is 1. The summed E-state index contributed by atoms with van der Waals surface area (Å²) in [6.07, 6.45) is 5.00. The molecule has 1 saturated heterocycles. The number of nitrogens with zero attached hydrogens (tertiary/aromatic N) is 4. The number of carbonyl (C=O) groups excluding carboxylic acids is 1. The Balaban J connectivity index is 2.07. The maximum absolute atomic E-state index is 11.4. The number of nitrogens with two attached hydrogens (primary N) is 1. The number of rotatable bonds is 8.